The summed E-state index contributed by atoms with van der Waals surface area (Å²) in [6.07, 6.45) is 4.38. The highest BCUT2D eigenvalue weighted by atomic mass is 32.2. The van der Waals surface area contributed by atoms with Gasteiger partial charge in [-0.25, -0.2) is 8.42 Å². The van der Waals surface area contributed by atoms with Gasteiger partial charge < -0.3 is 16.2 Å². The Morgan fingerprint density at radius 1 is 1.21 bits per heavy atom. The lowest BCUT2D eigenvalue weighted by Gasteiger charge is -2.58. The Labute approximate surface area is 172 Å². The van der Waals surface area contributed by atoms with Gasteiger partial charge in [-0.05, 0) is 75.8 Å². The quantitative estimate of drug-likeness (QED) is 0.627. The molecule has 1 amide bonds. The number of para-hydroxylation sites is 1. The van der Waals surface area contributed by atoms with E-state index in [4.69, 9.17) is 5.73 Å². The maximum atomic E-state index is 13.2. The Morgan fingerprint density at radius 3 is 2.34 bits per heavy atom. The average molecular weight is 422 g/mol. The summed E-state index contributed by atoms with van der Waals surface area (Å²) in [5.74, 6) is 0.751. The van der Waals surface area contributed by atoms with Gasteiger partial charge in [0.25, 0.3) is 0 Å². The van der Waals surface area contributed by atoms with Crippen LogP contribution in [-0.2, 0) is 14.8 Å². The third-order valence-electron chi connectivity index (χ3n) is 7.44. The normalized spacial score (nSPS) is 33.8. The van der Waals surface area contributed by atoms with Crippen LogP contribution in [-0.4, -0.2) is 48.0 Å². The van der Waals surface area contributed by atoms with Crippen molar-refractivity contribution < 1.29 is 18.3 Å². The highest BCUT2D eigenvalue weighted by Crippen LogP contribution is 2.55. The monoisotopic (exact) mass is 421 g/mol. The zero-order valence-electron chi connectivity index (χ0n) is 17.3. The van der Waals surface area contributed by atoms with Crippen LogP contribution in [0.3, 0.4) is 0 Å². The van der Waals surface area contributed by atoms with Crippen LogP contribution in [0.15, 0.2) is 29.2 Å². The first kappa shape index (κ1) is 20.6. The van der Waals surface area contributed by atoms with Crippen LogP contribution in [0.1, 0.15) is 46.0 Å². The van der Waals surface area contributed by atoms with Gasteiger partial charge >= 0.3 is 0 Å². The second kappa shape index (κ2) is 6.68. The fourth-order valence-corrected chi connectivity index (χ4v) is 7.45. The van der Waals surface area contributed by atoms with Crippen LogP contribution in [0.25, 0.3) is 0 Å². The van der Waals surface area contributed by atoms with Gasteiger partial charge in [0.15, 0.2) is 0 Å². The molecule has 1 aromatic carbocycles. The highest BCUT2D eigenvalue weighted by molar-refractivity contribution is 7.89. The molecule has 7 nitrogen and oxygen atoms in total. The van der Waals surface area contributed by atoms with Crippen molar-refractivity contribution in [2.24, 2.45) is 17.8 Å². The maximum Gasteiger partial charge on any atom is 0.245 e. The number of nitrogens with one attached hydrogen (secondary N) is 1. The smallest absolute Gasteiger partial charge is 0.245 e. The fourth-order valence-electron chi connectivity index (χ4n) is 5.85. The number of nitrogens with two attached hydrogens (primary N) is 1. The van der Waals surface area contributed by atoms with Crippen molar-refractivity contribution in [3.8, 4) is 0 Å². The van der Waals surface area contributed by atoms with E-state index in [1.54, 1.807) is 26.0 Å². The number of hydrogen-bond acceptors (Lipinski definition) is 5. The topological polar surface area (TPSA) is 113 Å². The van der Waals surface area contributed by atoms with Crippen LogP contribution in [0.5, 0.6) is 0 Å². The van der Waals surface area contributed by atoms with Crippen LogP contribution < -0.4 is 11.1 Å². The standard InChI is InChI=1S/C21H31N3O4S/c1-20(2,24(3)29(27,28)17-7-5-4-6-16(17)22)19(25)23-18-14-8-13-9-15(18)12-21(26,10-13)11-14/h4-7,13-15,18,26H,8-12,22H2,1-3H3,(H,23,25). The average Bonchev–Trinajstić information content (AvgIpc) is 2.62. The van der Waals surface area contributed by atoms with Gasteiger partial charge in [-0.3, -0.25) is 4.79 Å². The molecule has 1 aromatic rings. The molecular weight excluding hydrogens is 390 g/mol. The third-order valence-corrected chi connectivity index (χ3v) is 9.54. The third kappa shape index (κ3) is 3.35. The van der Waals surface area contributed by atoms with E-state index in [2.05, 4.69) is 5.32 Å². The molecule has 2 atom stereocenters. The van der Waals surface area contributed by atoms with Gasteiger partial charge in [0.05, 0.1) is 11.3 Å². The Morgan fingerprint density at radius 2 is 1.79 bits per heavy atom. The Kier molecular flexibility index (Phi) is 4.75. The van der Waals surface area contributed by atoms with Crippen molar-refractivity contribution in [2.75, 3.05) is 12.8 Å². The second-order valence-corrected chi connectivity index (χ2v) is 11.7. The van der Waals surface area contributed by atoms with E-state index in [1.807, 2.05) is 0 Å². The molecule has 0 aromatic heterocycles. The summed E-state index contributed by atoms with van der Waals surface area (Å²) in [6.45, 7) is 3.23. The van der Waals surface area contributed by atoms with Gasteiger partial charge in [0.1, 0.15) is 10.4 Å². The van der Waals surface area contributed by atoms with Crippen LogP contribution in [0, 0.1) is 17.8 Å². The first-order chi connectivity index (χ1) is 13.4. The number of nitrogens with zero attached hydrogens (tertiary/aromatic N) is 1. The molecule has 0 heterocycles. The fraction of sp³-hybridized carbons (Fsp3) is 0.667. The van der Waals surface area contributed by atoms with Gasteiger partial charge in [0.2, 0.25) is 15.9 Å². The maximum absolute atomic E-state index is 13.2. The van der Waals surface area contributed by atoms with Crippen LogP contribution in [0.4, 0.5) is 5.69 Å². The molecular formula is C21H31N3O4S. The number of carbonyl (C=O) groups excluding carboxylic acids is 1. The summed E-state index contributed by atoms with van der Waals surface area (Å²) in [6, 6.07) is 6.27. The summed E-state index contributed by atoms with van der Waals surface area (Å²) in [5.41, 5.74) is 4.18. The lowest BCUT2D eigenvalue weighted by atomic mass is 9.52. The van der Waals surface area contributed by atoms with Gasteiger partial charge in [-0.1, -0.05) is 12.1 Å². The molecule has 29 heavy (non-hydrogen) atoms. The number of amides is 1. The molecule has 4 bridgehead atoms. The molecule has 4 aliphatic rings. The summed E-state index contributed by atoms with van der Waals surface area (Å²) in [7, 11) is -2.52. The van der Waals surface area contributed by atoms with Gasteiger partial charge in [-0.2, -0.15) is 4.31 Å². The molecule has 0 spiro atoms. The molecule has 4 fully saturated rings. The zero-order chi connectivity index (χ0) is 21.2. The van der Waals surface area contributed by atoms with E-state index in [0.717, 1.165) is 36.4 Å². The van der Waals surface area contributed by atoms with Crippen molar-refractivity contribution in [1.29, 1.82) is 0 Å². The van der Waals surface area contributed by atoms with Crippen molar-refractivity contribution in [1.82, 2.24) is 9.62 Å². The largest absolute Gasteiger partial charge is 0.398 e. The number of hydrogen-bond donors (Lipinski definition) is 3. The number of carbonyl (C=O) groups is 1. The summed E-state index contributed by atoms with van der Waals surface area (Å²) >= 11 is 0. The number of benzene rings is 1. The summed E-state index contributed by atoms with van der Waals surface area (Å²) in [5, 5.41) is 13.9. The first-order valence-electron chi connectivity index (χ1n) is 10.3. The van der Waals surface area contributed by atoms with E-state index in [-0.39, 0.29) is 34.4 Å². The van der Waals surface area contributed by atoms with Gasteiger partial charge in [0, 0.05) is 13.1 Å². The van der Waals surface area contributed by atoms with Crippen molar-refractivity contribution in [3.63, 3.8) is 0 Å². The minimum Gasteiger partial charge on any atom is -0.398 e. The molecule has 5 rings (SSSR count). The van der Waals surface area contributed by atoms with Crippen LogP contribution in [0.2, 0.25) is 0 Å². The molecule has 4 aliphatic carbocycles. The Balaban J connectivity index is 1.53. The summed E-state index contributed by atoms with van der Waals surface area (Å²) < 4.78 is 27.3. The molecule has 0 saturated heterocycles. The van der Waals surface area contributed by atoms with Gasteiger partial charge in [-0.15, -0.1) is 0 Å². The molecule has 2 unspecified atom stereocenters. The Hall–Kier alpha value is -1.64. The number of sulfonamides is 1. The summed E-state index contributed by atoms with van der Waals surface area (Å²) in [4.78, 5) is 13.2. The van der Waals surface area contributed by atoms with E-state index in [9.17, 15) is 18.3 Å². The second-order valence-electron chi connectivity index (χ2n) is 9.76. The zero-order valence-corrected chi connectivity index (χ0v) is 18.1. The predicted molar refractivity (Wildman–Crippen MR) is 110 cm³/mol. The highest BCUT2D eigenvalue weighted by Gasteiger charge is 2.55. The molecule has 160 valence electrons. The molecule has 4 N–H and O–H groups in total. The van der Waals surface area contributed by atoms with E-state index >= 15 is 0 Å². The lowest BCUT2D eigenvalue weighted by Crippen LogP contribution is -2.65. The number of anilines is 1. The molecule has 0 radical (unpaired) electrons. The number of rotatable bonds is 5. The van der Waals surface area contributed by atoms with E-state index in [0.29, 0.717) is 5.92 Å². The number of nitrogen functional groups attached to an aromatic ring is 1. The lowest BCUT2D eigenvalue weighted by molar-refractivity contribution is -0.149. The predicted octanol–water partition coefficient (Wildman–Crippen LogP) is 1.72. The van der Waals surface area contributed by atoms with Crippen molar-refractivity contribution in [2.45, 2.75) is 68.0 Å². The minimum absolute atomic E-state index is 0.000204. The molecule has 4 saturated carbocycles. The van der Waals surface area contributed by atoms with Crippen molar-refractivity contribution in [3.05, 3.63) is 24.3 Å². The Bertz CT molecular complexity index is 914. The van der Waals surface area contributed by atoms with Crippen LogP contribution >= 0.6 is 0 Å². The minimum atomic E-state index is -3.94. The molecule has 8 heteroatoms. The van der Waals surface area contributed by atoms with E-state index in [1.165, 1.54) is 19.2 Å². The molecule has 0 aliphatic heterocycles. The number of aliphatic hydroxyl groups is 1. The van der Waals surface area contributed by atoms with Crippen molar-refractivity contribution >= 4 is 21.6 Å². The van der Waals surface area contributed by atoms with E-state index < -0.39 is 21.2 Å². The number of likely N-dealkylation sites (N-methyl/N-ethyl adjacent to an activating group) is 1. The first-order valence-corrected chi connectivity index (χ1v) is 11.7. The SMILES string of the molecule is CN(C(C)(C)C(=O)NC1C2CC3CC1CC(O)(C3)C2)S(=O)(=O)c1ccccc1N.